The van der Waals surface area contributed by atoms with Gasteiger partial charge >= 0.3 is 6.01 Å². The predicted molar refractivity (Wildman–Crippen MR) is 58.5 cm³/mol. The third-order valence-electron chi connectivity index (χ3n) is 1.11. The van der Waals surface area contributed by atoms with Crippen LogP contribution in [0.4, 0.5) is 0 Å². The molecule has 0 aliphatic rings. The average Bonchev–Trinajstić information content (AvgIpc) is 2.03. The first-order chi connectivity index (χ1) is 6.60. The molecule has 1 rings (SSSR count). The van der Waals surface area contributed by atoms with Crippen LogP contribution in [0.2, 0.25) is 0 Å². The summed E-state index contributed by atoms with van der Waals surface area (Å²) in [5, 5.41) is 0. The lowest BCUT2D eigenvalue weighted by Gasteiger charge is -2.06. The van der Waals surface area contributed by atoms with Crippen LogP contribution in [0, 0.1) is 6.92 Å². The van der Waals surface area contributed by atoms with E-state index in [0.29, 0.717) is 6.01 Å². The van der Waals surface area contributed by atoms with E-state index >= 15 is 0 Å². The van der Waals surface area contributed by atoms with Gasteiger partial charge in [0.05, 0.1) is 6.10 Å². The molecule has 1 aromatic heterocycles. The zero-order chi connectivity index (χ0) is 11.0. The maximum Gasteiger partial charge on any atom is 0.316 e. The zero-order valence-corrected chi connectivity index (χ0v) is 9.74. The Labute approximate surface area is 86.5 Å². The molecule has 0 spiro atoms. The smallest absolute Gasteiger partial charge is 0.316 e. The van der Waals surface area contributed by atoms with Crippen molar-refractivity contribution in [3.8, 4) is 6.01 Å². The van der Waals surface area contributed by atoms with Crippen LogP contribution >= 0.6 is 0 Å². The molecule has 80 valence electrons. The highest BCUT2D eigenvalue weighted by molar-refractivity contribution is 5.03. The second-order valence-electron chi connectivity index (χ2n) is 3.35. The Bertz CT molecular complexity index is 249. The maximum atomic E-state index is 5.27. The summed E-state index contributed by atoms with van der Waals surface area (Å²) in [5.41, 5.74) is 0.927. The molecule has 0 saturated carbocycles. The van der Waals surface area contributed by atoms with Crippen molar-refractivity contribution < 1.29 is 4.74 Å². The fraction of sp³-hybridized carbons (Fsp3) is 0.636. The van der Waals surface area contributed by atoms with Crippen molar-refractivity contribution in [2.75, 3.05) is 0 Å². The number of rotatable bonds is 2. The second kappa shape index (κ2) is 7.30. The number of ether oxygens (including phenoxy) is 1. The molecule has 0 N–H and O–H groups in total. The summed E-state index contributed by atoms with van der Waals surface area (Å²) >= 11 is 0. The molecule has 0 unspecified atom stereocenters. The molecule has 0 atom stereocenters. The average molecular weight is 196 g/mol. The maximum absolute atomic E-state index is 5.27. The zero-order valence-electron chi connectivity index (χ0n) is 9.74. The van der Waals surface area contributed by atoms with E-state index in [0.717, 1.165) is 5.69 Å². The van der Waals surface area contributed by atoms with Crippen molar-refractivity contribution in [1.29, 1.82) is 0 Å². The van der Waals surface area contributed by atoms with Crippen LogP contribution in [0.25, 0.3) is 0 Å². The Balaban J connectivity index is 0.000000500. The summed E-state index contributed by atoms with van der Waals surface area (Å²) in [6, 6.07) is 2.30. The van der Waals surface area contributed by atoms with Gasteiger partial charge in [-0.05, 0) is 26.8 Å². The summed E-state index contributed by atoms with van der Waals surface area (Å²) in [6.45, 7) is 10.1. The number of hydrogen-bond donors (Lipinski definition) is 0. The standard InChI is InChI=1S/C8H12N2O.C3H8/c1-6(2)11-8-9-5-4-7(3)10-8;1-3-2/h4-6H,1-3H3;3H2,1-2H3. The van der Waals surface area contributed by atoms with Crippen molar-refractivity contribution in [2.24, 2.45) is 0 Å². The van der Waals surface area contributed by atoms with Gasteiger partial charge in [-0.25, -0.2) is 9.97 Å². The van der Waals surface area contributed by atoms with Crippen LogP contribution in [0.5, 0.6) is 6.01 Å². The highest BCUT2D eigenvalue weighted by Gasteiger charge is 1.98. The highest BCUT2D eigenvalue weighted by Crippen LogP contribution is 2.03. The summed E-state index contributed by atoms with van der Waals surface area (Å²) in [7, 11) is 0. The van der Waals surface area contributed by atoms with Crippen LogP contribution in [0.15, 0.2) is 12.3 Å². The molecule has 0 aliphatic carbocycles. The van der Waals surface area contributed by atoms with Gasteiger partial charge in [-0.1, -0.05) is 20.3 Å². The molecule has 0 amide bonds. The first kappa shape index (κ1) is 12.9. The van der Waals surface area contributed by atoms with E-state index in [-0.39, 0.29) is 6.10 Å². The lowest BCUT2D eigenvalue weighted by atomic mass is 10.5. The number of hydrogen-bond acceptors (Lipinski definition) is 3. The normalized spacial score (nSPS) is 9.29. The van der Waals surface area contributed by atoms with E-state index in [1.165, 1.54) is 6.42 Å². The number of aromatic nitrogens is 2. The molecule has 14 heavy (non-hydrogen) atoms. The minimum atomic E-state index is 0.136. The molecule has 0 aliphatic heterocycles. The van der Waals surface area contributed by atoms with Gasteiger partial charge in [0.25, 0.3) is 0 Å². The molecular formula is C11H20N2O. The predicted octanol–water partition coefficient (Wildman–Crippen LogP) is 2.99. The summed E-state index contributed by atoms with van der Waals surface area (Å²) in [5.74, 6) is 0. The minimum absolute atomic E-state index is 0.136. The van der Waals surface area contributed by atoms with E-state index in [4.69, 9.17) is 4.74 Å². The van der Waals surface area contributed by atoms with Gasteiger partial charge in [-0.15, -0.1) is 0 Å². The Morgan fingerprint density at radius 1 is 1.36 bits per heavy atom. The Morgan fingerprint density at radius 2 is 1.93 bits per heavy atom. The first-order valence-corrected chi connectivity index (χ1v) is 5.06. The molecule has 0 radical (unpaired) electrons. The van der Waals surface area contributed by atoms with Crippen molar-refractivity contribution in [3.05, 3.63) is 18.0 Å². The van der Waals surface area contributed by atoms with Gasteiger partial charge in [-0.2, -0.15) is 0 Å². The molecule has 0 bridgehead atoms. The van der Waals surface area contributed by atoms with E-state index in [2.05, 4.69) is 23.8 Å². The van der Waals surface area contributed by atoms with Gasteiger partial charge in [0, 0.05) is 11.9 Å². The molecule has 0 saturated heterocycles. The lowest BCUT2D eigenvalue weighted by molar-refractivity contribution is 0.221. The van der Waals surface area contributed by atoms with Crippen molar-refractivity contribution in [2.45, 2.75) is 47.1 Å². The SMILES string of the molecule is CCC.Cc1ccnc(OC(C)C)n1. The van der Waals surface area contributed by atoms with Crippen molar-refractivity contribution in [1.82, 2.24) is 9.97 Å². The monoisotopic (exact) mass is 196 g/mol. The van der Waals surface area contributed by atoms with Gasteiger partial charge in [0.1, 0.15) is 0 Å². The fourth-order valence-electron chi connectivity index (χ4n) is 0.693. The van der Waals surface area contributed by atoms with Crippen LogP contribution in [-0.4, -0.2) is 16.1 Å². The van der Waals surface area contributed by atoms with Crippen LogP contribution in [0.3, 0.4) is 0 Å². The minimum Gasteiger partial charge on any atom is -0.461 e. The molecule has 1 heterocycles. The second-order valence-corrected chi connectivity index (χ2v) is 3.35. The van der Waals surface area contributed by atoms with E-state index in [9.17, 15) is 0 Å². The van der Waals surface area contributed by atoms with Crippen molar-refractivity contribution in [3.63, 3.8) is 0 Å². The lowest BCUT2D eigenvalue weighted by Crippen LogP contribution is -2.08. The van der Waals surface area contributed by atoms with E-state index in [1.54, 1.807) is 6.20 Å². The molecular weight excluding hydrogens is 176 g/mol. The van der Waals surface area contributed by atoms with Crippen LogP contribution < -0.4 is 4.74 Å². The quantitative estimate of drug-likeness (QED) is 0.729. The molecule has 1 aromatic rings. The van der Waals surface area contributed by atoms with Gasteiger partial charge in [0.2, 0.25) is 0 Å². The van der Waals surface area contributed by atoms with Gasteiger partial charge < -0.3 is 4.74 Å². The van der Waals surface area contributed by atoms with E-state index < -0.39 is 0 Å². The third kappa shape index (κ3) is 6.40. The van der Waals surface area contributed by atoms with Crippen LogP contribution in [0.1, 0.15) is 39.8 Å². The van der Waals surface area contributed by atoms with E-state index in [1.807, 2.05) is 26.8 Å². The Kier molecular flexibility index (Phi) is 6.72. The molecule has 0 fully saturated rings. The molecule has 0 aromatic carbocycles. The first-order valence-electron chi connectivity index (χ1n) is 5.06. The number of aryl methyl sites for hydroxylation is 1. The summed E-state index contributed by atoms with van der Waals surface area (Å²) in [4.78, 5) is 8.03. The molecule has 3 heteroatoms. The van der Waals surface area contributed by atoms with Crippen molar-refractivity contribution >= 4 is 0 Å². The highest BCUT2D eigenvalue weighted by atomic mass is 16.5. The summed E-state index contributed by atoms with van der Waals surface area (Å²) < 4.78 is 5.27. The van der Waals surface area contributed by atoms with Gasteiger partial charge in [0.15, 0.2) is 0 Å². The third-order valence-corrected chi connectivity index (χ3v) is 1.11. The Hall–Kier alpha value is -1.12. The topological polar surface area (TPSA) is 35.0 Å². The Morgan fingerprint density at radius 3 is 2.36 bits per heavy atom. The molecule has 3 nitrogen and oxygen atoms in total. The summed E-state index contributed by atoms with van der Waals surface area (Å²) in [6.07, 6.45) is 3.08. The van der Waals surface area contributed by atoms with Gasteiger partial charge in [-0.3, -0.25) is 0 Å². The number of nitrogens with zero attached hydrogens (tertiary/aromatic N) is 2. The largest absolute Gasteiger partial charge is 0.461 e. The fourth-order valence-corrected chi connectivity index (χ4v) is 0.693. The van der Waals surface area contributed by atoms with Crippen LogP contribution in [-0.2, 0) is 0 Å².